The second kappa shape index (κ2) is 4.64. The molecule has 19 heavy (non-hydrogen) atoms. The third-order valence-electron chi connectivity index (χ3n) is 3.47. The van der Waals surface area contributed by atoms with E-state index in [1.807, 2.05) is 13.0 Å². The Balaban J connectivity index is 2.11. The highest BCUT2D eigenvalue weighted by molar-refractivity contribution is 5.63. The van der Waals surface area contributed by atoms with Crippen molar-refractivity contribution in [3.05, 3.63) is 35.4 Å². The minimum absolute atomic E-state index is 0.00165. The highest BCUT2D eigenvalue weighted by Gasteiger charge is 2.29. The van der Waals surface area contributed by atoms with Crippen LogP contribution in [0.1, 0.15) is 27.7 Å². The van der Waals surface area contributed by atoms with E-state index in [2.05, 4.69) is 43.2 Å². The average molecular weight is 262 g/mol. The molecule has 1 atom stereocenters. The largest absolute Gasteiger partial charge is 0.494 e. The molecule has 5 nitrogen and oxygen atoms in total. The van der Waals surface area contributed by atoms with Crippen LogP contribution in [-0.4, -0.2) is 29.1 Å². The van der Waals surface area contributed by atoms with Gasteiger partial charge in [-0.25, -0.2) is 0 Å². The van der Waals surface area contributed by atoms with Crippen LogP contribution in [0, 0.1) is 5.41 Å². The fraction of sp³-hybridized carbons (Fsp3) is 0.500. The van der Waals surface area contributed by atoms with Gasteiger partial charge in [0, 0.05) is 23.2 Å². The summed E-state index contributed by atoms with van der Waals surface area (Å²) in [6.45, 7) is 12.9. The van der Waals surface area contributed by atoms with E-state index < -0.39 is 0 Å². The van der Waals surface area contributed by atoms with Gasteiger partial charge in [-0.05, 0) is 18.6 Å². The van der Waals surface area contributed by atoms with Gasteiger partial charge >= 0.3 is 0 Å². The van der Waals surface area contributed by atoms with Crippen LogP contribution >= 0.6 is 0 Å². The molecule has 2 rings (SSSR count). The number of rotatable bonds is 3. The van der Waals surface area contributed by atoms with Gasteiger partial charge in [-0.15, -0.1) is 0 Å². The molecule has 3 N–H and O–H groups in total. The van der Waals surface area contributed by atoms with Crippen molar-refractivity contribution in [2.45, 2.75) is 33.9 Å². The Hall–Kier alpha value is -1.91. The number of allylic oxidation sites excluding steroid dienone is 1. The summed E-state index contributed by atoms with van der Waals surface area (Å²) < 4.78 is 0. The molecule has 2 aliphatic heterocycles. The lowest BCUT2D eigenvalue weighted by Gasteiger charge is -2.30. The zero-order chi connectivity index (χ0) is 14.2. The third-order valence-corrected chi connectivity index (χ3v) is 3.47. The fourth-order valence-corrected chi connectivity index (χ4v) is 1.96. The predicted octanol–water partition coefficient (Wildman–Crippen LogP) is 2.04. The van der Waals surface area contributed by atoms with Gasteiger partial charge in [0.25, 0.3) is 0 Å². The van der Waals surface area contributed by atoms with E-state index in [4.69, 9.17) is 0 Å². The number of nitrogens with one attached hydrogen (secondary N) is 2. The number of hydrogen-bond acceptors (Lipinski definition) is 5. The number of fused-ring (bicyclic) bond motifs is 1. The topological polar surface area (TPSA) is 59.9 Å². The molecule has 0 bridgehead atoms. The van der Waals surface area contributed by atoms with Crippen LogP contribution in [0.3, 0.4) is 0 Å². The molecule has 0 fully saturated rings. The second-order valence-electron chi connectivity index (χ2n) is 5.96. The molecule has 2 aliphatic rings. The molecule has 5 heteroatoms. The molecule has 0 radical (unpaired) electrons. The van der Waals surface area contributed by atoms with Gasteiger partial charge in [0.05, 0.1) is 0 Å². The van der Waals surface area contributed by atoms with Crippen LogP contribution in [0.25, 0.3) is 0 Å². The smallest absolute Gasteiger partial charge is 0.199 e. The van der Waals surface area contributed by atoms with Crippen molar-refractivity contribution in [1.82, 2.24) is 15.6 Å². The zero-order valence-electron chi connectivity index (χ0n) is 12.0. The third kappa shape index (κ3) is 2.59. The molecule has 2 heterocycles. The molecule has 0 aromatic rings. The Morgan fingerprint density at radius 1 is 1.58 bits per heavy atom. The van der Waals surface area contributed by atoms with Crippen molar-refractivity contribution < 1.29 is 5.11 Å². The Morgan fingerprint density at radius 2 is 2.26 bits per heavy atom. The monoisotopic (exact) mass is 262 g/mol. The number of aliphatic hydroxyl groups excluding tert-OH is 1. The van der Waals surface area contributed by atoms with E-state index in [9.17, 15) is 5.11 Å². The van der Waals surface area contributed by atoms with Crippen molar-refractivity contribution in [3.8, 4) is 0 Å². The van der Waals surface area contributed by atoms with E-state index in [0.29, 0.717) is 6.54 Å². The summed E-state index contributed by atoms with van der Waals surface area (Å²) in [5, 5.41) is 17.5. The van der Waals surface area contributed by atoms with Crippen LogP contribution in [0.4, 0.5) is 0 Å². The summed E-state index contributed by atoms with van der Waals surface area (Å²) in [5.41, 5.74) is 5.79. The average Bonchev–Trinajstić information content (AvgIpc) is 2.75. The van der Waals surface area contributed by atoms with Crippen molar-refractivity contribution in [2.75, 3.05) is 6.54 Å². The number of aliphatic hydroxyl groups is 1. The van der Waals surface area contributed by atoms with Crippen LogP contribution in [0.2, 0.25) is 0 Å². The van der Waals surface area contributed by atoms with E-state index in [1.165, 1.54) is 0 Å². The number of hydrazone groups is 1. The standard InChI is InChI=1S/C14H22N4O/c1-9-6-12-17-16-8-18(12)13(19)11(9)7-15-10(2)14(3,4)5/h6,8,12,15,17,19H,2,7H2,1,3-5H3. The van der Waals surface area contributed by atoms with Crippen molar-refractivity contribution in [2.24, 2.45) is 10.5 Å². The Morgan fingerprint density at radius 3 is 2.89 bits per heavy atom. The highest BCUT2D eigenvalue weighted by Crippen LogP contribution is 2.26. The van der Waals surface area contributed by atoms with E-state index >= 15 is 0 Å². The summed E-state index contributed by atoms with van der Waals surface area (Å²) in [7, 11) is 0. The Labute approximate surface area is 114 Å². The summed E-state index contributed by atoms with van der Waals surface area (Å²) >= 11 is 0. The molecule has 0 spiro atoms. The quantitative estimate of drug-likeness (QED) is 0.728. The van der Waals surface area contributed by atoms with Gasteiger partial charge in [0.1, 0.15) is 12.5 Å². The lowest BCUT2D eigenvalue weighted by molar-refractivity contribution is 0.240. The van der Waals surface area contributed by atoms with Gasteiger partial charge in [-0.3, -0.25) is 10.3 Å². The van der Waals surface area contributed by atoms with Crippen LogP contribution < -0.4 is 10.7 Å². The highest BCUT2D eigenvalue weighted by atomic mass is 16.3. The minimum atomic E-state index is -0.0745. The van der Waals surface area contributed by atoms with Gasteiger partial charge in [0.2, 0.25) is 0 Å². The van der Waals surface area contributed by atoms with Gasteiger partial charge < -0.3 is 10.4 Å². The first kappa shape index (κ1) is 13.5. The maximum absolute atomic E-state index is 10.3. The predicted molar refractivity (Wildman–Crippen MR) is 77.3 cm³/mol. The number of hydrogen-bond donors (Lipinski definition) is 3. The Kier molecular flexibility index (Phi) is 3.30. The molecular weight excluding hydrogens is 240 g/mol. The molecule has 0 saturated carbocycles. The molecule has 0 saturated heterocycles. The van der Waals surface area contributed by atoms with Crippen LogP contribution in [0.5, 0.6) is 0 Å². The van der Waals surface area contributed by atoms with Crippen molar-refractivity contribution >= 4 is 6.34 Å². The van der Waals surface area contributed by atoms with Gasteiger partial charge in [0.15, 0.2) is 5.88 Å². The molecule has 0 aromatic heterocycles. The lowest BCUT2D eigenvalue weighted by Crippen LogP contribution is -2.39. The van der Waals surface area contributed by atoms with E-state index in [0.717, 1.165) is 16.8 Å². The summed E-state index contributed by atoms with van der Waals surface area (Å²) in [6, 6.07) is 0. The first-order valence-electron chi connectivity index (χ1n) is 6.42. The SMILES string of the molecule is C=C(NCC1=C(O)N2C=NNC2C=C1C)C(C)(C)C. The fourth-order valence-electron chi connectivity index (χ4n) is 1.96. The summed E-state index contributed by atoms with van der Waals surface area (Å²) in [6.07, 6.45) is 3.57. The maximum Gasteiger partial charge on any atom is 0.199 e. The maximum atomic E-state index is 10.3. The first-order valence-corrected chi connectivity index (χ1v) is 6.42. The Bertz CT molecular complexity index is 482. The van der Waals surface area contributed by atoms with Gasteiger partial charge in [-0.2, -0.15) is 5.10 Å². The van der Waals surface area contributed by atoms with E-state index in [-0.39, 0.29) is 17.5 Å². The first-order chi connectivity index (χ1) is 8.80. The van der Waals surface area contributed by atoms with E-state index in [1.54, 1.807) is 11.2 Å². The zero-order valence-corrected chi connectivity index (χ0v) is 12.0. The van der Waals surface area contributed by atoms with Crippen molar-refractivity contribution in [1.29, 1.82) is 0 Å². The number of nitrogens with zero attached hydrogens (tertiary/aromatic N) is 2. The van der Waals surface area contributed by atoms with Crippen LogP contribution in [0.15, 0.2) is 40.5 Å². The molecule has 0 amide bonds. The van der Waals surface area contributed by atoms with Crippen molar-refractivity contribution in [3.63, 3.8) is 0 Å². The second-order valence-corrected chi connectivity index (χ2v) is 5.96. The molecule has 0 aliphatic carbocycles. The lowest BCUT2D eigenvalue weighted by atomic mass is 9.92. The molecule has 1 unspecified atom stereocenters. The summed E-state index contributed by atoms with van der Waals surface area (Å²) in [5.74, 6) is 0.243. The van der Waals surface area contributed by atoms with Crippen LogP contribution in [-0.2, 0) is 0 Å². The molecular formula is C14H22N4O. The summed E-state index contributed by atoms with van der Waals surface area (Å²) in [4.78, 5) is 1.71. The normalized spacial score (nSPS) is 22.0. The minimum Gasteiger partial charge on any atom is -0.494 e. The molecule has 0 aromatic carbocycles. The molecule has 104 valence electrons. The van der Waals surface area contributed by atoms with Gasteiger partial charge in [-0.1, -0.05) is 27.4 Å².